The molecule has 15 heavy (non-hydrogen) atoms. The van der Waals surface area contributed by atoms with Gasteiger partial charge >= 0.3 is 0 Å². The molecule has 0 aromatic carbocycles. The molecule has 0 aromatic rings. The molecule has 0 aliphatic heterocycles. The Bertz CT molecular complexity index is 159. The zero-order valence-corrected chi connectivity index (χ0v) is 10.5. The van der Waals surface area contributed by atoms with Gasteiger partial charge in [0, 0.05) is 12.1 Å². The Morgan fingerprint density at radius 3 is 2.87 bits per heavy atom. The molecule has 3 unspecified atom stereocenters. The summed E-state index contributed by atoms with van der Waals surface area (Å²) in [5.74, 6) is 0.831. The monoisotopic (exact) mass is 212 g/mol. The van der Waals surface area contributed by atoms with E-state index in [1.165, 1.54) is 51.5 Å². The normalized spacial score (nSPS) is 29.0. The summed E-state index contributed by atoms with van der Waals surface area (Å²) in [7, 11) is 0. The molecule has 1 fully saturated rings. The minimum atomic E-state index is 0.469. The van der Waals surface area contributed by atoms with Crippen molar-refractivity contribution in [1.29, 1.82) is 0 Å². The highest BCUT2D eigenvalue weighted by molar-refractivity contribution is 4.77. The summed E-state index contributed by atoms with van der Waals surface area (Å²) in [5, 5.41) is 3.65. The molecule has 90 valence electrons. The van der Waals surface area contributed by atoms with Gasteiger partial charge in [-0.1, -0.05) is 26.2 Å². The van der Waals surface area contributed by atoms with Crippen LogP contribution in [0.3, 0.4) is 0 Å². The number of unbranched alkanes of at least 4 members (excludes halogenated alkanes) is 1. The lowest BCUT2D eigenvalue weighted by Crippen LogP contribution is -2.36. The average Bonchev–Trinajstić information content (AvgIpc) is 2.23. The Balaban J connectivity index is 2.07. The molecule has 3 N–H and O–H groups in total. The summed E-state index contributed by atoms with van der Waals surface area (Å²) >= 11 is 0. The first kappa shape index (κ1) is 13.0. The fraction of sp³-hybridized carbons (Fsp3) is 1.00. The first-order valence-corrected chi connectivity index (χ1v) is 6.71. The molecule has 2 nitrogen and oxygen atoms in total. The Kier molecular flexibility index (Phi) is 6.26. The van der Waals surface area contributed by atoms with Crippen LogP contribution < -0.4 is 11.1 Å². The maximum Gasteiger partial charge on any atom is 0.00419 e. The fourth-order valence-electron chi connectivity index (χ4n) is 2.50. The standard InChI is InChI=1S/C13H28N2/c1-3-4-6-11(2)15-10-12-7-5-8-13(14)9-12/h11-13,15H,3-10,14H2,1-2H3. The lowest BCUT2D eigenvalue weighted by Gasteiger charge is -2.28. The SMILES string of the molecule is CCCCC(C)NCC1CCCC(N)C1. The number of rotatable bonds is 6. The predicted octanol–water partition coefficient (Wildman–Crippen LogP) is 2.67. The van der Waals surface area contributed by atoms with Crippen molar-refractivity contribution in [2.24, 2.45) is 11.7 Å². The second-order valence-electron chi connectivity index (χ2n) is 5.24. The molecule has 2 heteroatoms. The molecule has 0 radical (unpaired) electrons. The van der Waals surface area contributed by atoms with E-state index in [4.69, 9.17) is 5.73 Å². The summed E-state index contributed by atoms with van der Waals surface area (Å²) in [6, 6.07) is 1.15. The summed E-state index contributed by atoms with van der Waals surface area (Å²) < 4.78 is 0. The molecule has 1 saturated carbocycles. The largest absolute Gasteiger partial charge is 0.328 e. The molecule has 1 aliphatic carbocycles. The van der Waals surface area contributed by atoms with E-state index < -0.39 is 0 Å². The summed E-state index contributed by atoms with van der Waals surface area (Å²) in [4.78, 5) is 0. The van der Waals surface area contributed by atoms with E-state index in [0.717, 1.165) is 5.92 Å². The van der Waals surface area contributed by atoms with E-state index in [2.05, 4.69) is 19.2 Å². The van der Waals surface area contributed by atoms with Crippen molar-refractivity contribution in [2.45, 2.75) is 70.9 Å². The lowest BCUT2D eigenvalue weighted by atomic mass is 9.86. The van der Waals surface area contributed by atoms with Crippen LogP contribution in [0.5, 0.6) is 0 Å². The van der Waals surface area contributed by atoms with Gasteiger partial charge < -0.3 is 11.1 Å². The number of hydrogen-bond donors (Lipinski definition) is 2. The highest BCUT2D eigenvalue weighted by Gasteiger charge is 2.19. The van der Waals surface area contributed by atoms with Crippen molar-refractivity contribution in [2.75, 3.05) is 6.54 Å². The van der Waals surface area contributed by atoms with Gasteiger partial charge in [-0.3, -0.25) is 0 Å². The maximum atomic E-state index is 5.98. The van der Waals surface area contributed by atoms with Crippen LogP contribution in [0.2, 0.25) is 0 Å². The van der Waals surface area contributed by atoms with Crippen LogP contribution in [-0.2, 0) is 0 Å². The second kappa shape index (κ2) is 7.24. The van der Waals surface area contributed by atoms with Gasteiger partial charge in [-0.05, 0) is 45.1 Å². The van der Waals surface area contributed by atoms with E-state index in [1.807, 2.05) is 0 Å². The van der Waals surface area contributed by atoms with Crippen LogP contribution in [0.25, 0.3) is 0 Å². The van der Waals surface area contributed by atoms with Crippen molar-refractivity contribution < 1.29 is 0 Å². The molecule has 0 aromatic heterocycles. The average molecular weight is 212 g/mol. The molecular formula is C13H28N2. The van der Waals surface area contributed by atoms with Crippen LogP contribution in [-0.4, -0.2) is 18.6 Å². The van der Waals surface area contributed by atoms with Crippen LogP contribution >= 0.6 is 0 Å². The van der Waals surface area contributed by atoms with Crippen LogP contribution in [0.1, 0.15) is 58.8 Å². The van der Waals surface area contributed by atoms with Gasteiger partial charge in [0.25, 0.3) is 0 Å². The van der Waals surface area contributed by atoms with Gasteiger partial charge in [0.05, 0.1) is 0 Å². The highest BCUT2D eigenvalue weighted by Crippen LogP contribution is 2.22. The van der Waals surface area contributed by atoms with Crippen molar-refractivity contribution in [3.05, 3.63) is 0 Å². The number of hydrogen-bond acceptors (Lipinski definition) is 2. The first-order chi connectivity index (χ1) is 7.22. The van der Waals surface area contributed by atoms with Gasteiger partial charge in [-0.25, -0.2) is 0 Å². The molecule has 0 saturated heterocycles. The summed E-state index contributed by atoms with van der Waals surface area (Å²) in [6.45, 7) is 5.74. The van der Waals surface area contributed by atoms with Crippen molar-refractivity contribution in [3.63, 3.8) is 0 Å². The van der Waals surface area contributed by atoms with E-state index in [-0.39, 0.29) is 0 Å². The van der Waals surface area contributed by atoms with Crippen molar-refractivity contribution >= 4 is 0 Å². The van der Waals surface area contributed by atoms with Crippen molar-refractivity contribution in [1.82, 2.24) is 5.32 Å². The maximum absolute atomic E-state index is 5.98. The minimum absolute atomic E-state index is 0.469. The predicted molar refractivity (Wildman–Crippen MR) is 66.9 cm³/mol. The second-order valence-corrected chi connectivity index (χ2v) is 5.24. The van der Waals surface area contributed by atoms with Crippen LogP contribution in [0, 0.1) is 5.92 Å². The Morgan fingerprint density at radius 2 is 2.20 bits per heavy atom. The molecule has 1 aliphatic rings. The van der Waals surface area contributed by atoms with E-state index in [9.17, 15) is 0 Å². The Hall–Kier alpha value is -0.0800. The fourth-order valence-corrected chi connectivity index (χ4v) is 2.50. The van der Waals surface area contributed by atoms with Gasteiger partial charge in [-0.15, -0.1) is 0 Å². The molecular weight excluding hydrogens is 184 g/mol. The van der Waals surface area contributed by atoms with Crippen molar-refractivity contribution in [3.8, 4) is 0 Å². The zero-order chi connectivity index (χ0) is 11.1. The highest BCUT2D eigenvalue weighted by atomic mass is 14.9. The molecule has 1 rings (SSSR count). The minimum Gasteiger partial charge on any atom is -0.328 e. The Labute approximate surface area is 95.0 Å². The van der Waals surface area contributed by atoms with Crippen LogP contribution in [0.4, 0.5) is 0 Å². The lowest BCUT2D eigenvalue weighted by molar-refractivity contribution is 0.299. The smallest absolute Gasteiger partial charge is 0.00419 e. The molecule has 0 spiro atoms. The third kappa shape index (κ3) is 5.53. The number of nitrogens with two attached hydrogens (primary N) is 1. The molecule has 0 heterocycles. The topological polar surface area (TPSA) is 38.0 Å². The Morgan fingerprint density at radius 1 is 1.40 bits per heavy atom. The van der Waals surface area contributed by atoms with E-state index >= 15 is 0 Å². The van der Waals surface area contributed by atoms with Crippen LogP contribution in [0.15, 0.2) is 0 Å². The van der Waals surface area contributed by atoms with E-state index in [0.29, 0.717) is 12.1 Å². The van der Waals surface area contributed by atoms with Gasteiger partial charge in [-0.2, -0.15) is 0 Å². The summed E-state index contributed by atoms with van der Waals surface area (Å²) in [5.41, 5.74) is 5.98. The zero-order valence-electron chi connectivity index (χ0n) is 10.5. The third-order valence-electron chi connectivity index (χ3n) is 3.57. The molecule has 0 bridgehead atoms. The van der Waals surface area contributed by atoms with Gasteiger partial charge in [0.1, 0.15) is 0 Å². The number of nitrogens with one attached hydrogen (secondary N) is 1. The quantitative estimate of drug-likeness (QED) is 0.710. The van der Waals surface area contributed by atoms with E-state index in [1.54, 1.807) is 0 Å². The summed E-state index contributed by atoms with van der Waals surface area (Å²) in [6.07, 6.45) is 9.14. The van der Waals surface area contributed by atoms with Gasteiger partial charge in [0.2, 0.25) is 0 Å². The molecule has 3 atom stereocenters. The first-order valence-electron chi connectivity index (χ1n) is 6.71. The third-order valence-corrected chi connectivity index (χ3v) is 3.57. The molecule has 0 amide bonds. The van der Waals surface area contributed by atoms with Gasteiger partial charge in [0.15, 0.2) is 0 Å².